The minimum absolute atomic E-state index is 0.390. The van der Waals surface area contributed by atoms with Gasteiger partial charge in [0.15, 0.2) is 11.5 Å². The number of rotatable bonds is 10. The largest absolute Gasteiger partial charge is 0.490 e. The lowest BCUT2D eigenvalue weighted by atomic mass is 10.1. The number of amides is 2. The van der Waals surface area contributed by atoms with Crippen molar-refractivity contribution >= 4 is 35.3 Å². The lowest BCUT2D eigenvalue weighted by Crippen LogP contribution is -2.24. The molecule has 176 valence electrons. The summed E-state index contributed by atoms with van der Waals surface area (Å²) in [5.74, 6) is 0.142. The van der Waals surface area contributed by atoms with Crippen LogP contribution < -0.4 is 20.2 Å². The van der Waals surface area contributed by atoms with E-state index in [1.807, 2.05) is 32.0 Å². The van der Waals surface area contributed by atoms with Crippen LogP contribution in [-0.2, 0) is 16.2 Å². The molecule has 0 spiro atoms. The third kappa shape index (κ3) is 7.64. The molecular formula is C26H26ClN3O4. The van der Waals surface area contributed by atoms with Crippen molar-refractivity contribution in [2.45, 2.75) is 26.9 Å². The van der Waals surface area contributed by atoms with E-state index in [2.05, 4.69) is 21.9 Å². The van der Waals surface area contributed by atoms with Gasteiger partial charge in [-0.2, -0.15) is 5.10 Å². The molecular weight excluding hydrogens is 454 g/mol. The van der Waals surface area contributed by atoms with E-state index in [-0.39, 0.29) is 0 Å². The lowest BCUT2D eigenvalue weighted by Gasteiger charge is -2.13. The molecule has 3 rings (SSSR count). The van der Waals surface area contributed by atoms with E-state index < -0.39 is 18.2 Å². The highest BCUT2D eigenvalue weighted by molar-refractivity contribution is 6.33. The summed E-state index contributed by atoms with van der Waals surface area (Å²) >= 11 is 6.00. The average Bonchev–Trinajstić information content (AvgIpc) is 2.80. The highest BCUT2D eigenvalue weighted by atomic mass is 35.5. The summed E-state index contributed by atoms with van der Waals surface area (Å²) in [6, 6.07) is 20.3. The summed E-state index contributed by atoms with van der Waals surface area (Å²) in [6.07, 6.45) is 1.08. The van der Waals surface area contributed by atoms with Crippen LogP contribution in [0.15, 0.2) is 71.8 Å². The van der Waals surface area contributed by atoms with Gasteiger partial charge in [-0.3, -0.25) is 9.59 Å². The van der Waals surface area contributed by atoms with Gasteiger partial charge >= 0.3 is 0 Å². The molecule has 0 atom stereocenters. The standard InChI is InChI=1S/C26H26ClN3O4/c1-3-33-24-14-19(11-12-23(24)34-17-20-8-6-7-18(2)13-20)16-28-30-26(32)15-25(31)29-22-10-5-4-9-21(22)27/h4-14,16H,3,15,17H2,1-2H3,(H,29,31)(H,30,32). The van der Waals surface area contributed by atoms with Gasteiger partial charge in [-0.1, -0.05) is 53.6 Å². The minimum atomic E-state index is -0.552. The van der Waals surface area contributed by atoms with Gasteiger partial charge in [-0.05, 0) is 55.3 Å². The number of nitrogens with one attached hydrogen (secondary N) is 2. The highest BCUT2D eigenvalue weighted by Gasteiger charge is 2.11. The van der Waals surface area contributed by atoms with E-state index >= 15 is 0 Å². The molecule has 2 N–H and O–H groups in total. The van der Waals surface area contributed by atoms with E-state index in [9.17, 15) is 9.59 Å². The first kappa shape index (κ1) is 24.8. The Morgan fingerprint density at radius 3 is 2.56 bits per heavy atom. The summed E-state index contributed by atoms with van der Waals surface area (Å²) in [5, 5.41) is 6.91. The first-order valence-electron chi connectivity index (χ1n) is 10.8. The SMILES string of the molecule is CCOc1cc(C=NNC(=O)CC(=O)Nc2ccccc2Cl)ccc1OCc1cccc(C)c1. The monoisotopic (exact) mass is 479 g/mol. The molecule has 0 radical (unpaired) electrons. The van der Waals surface area contributed by atoms with E-state index in [1.165, 1.54) is 11.8 Å². The fourth-order valence-electron chi connectivity index (χ4n) is 3.08. The topological polar surface area (TPSA) is 89.0 Å². The van der Waals surface area contributed by atoms with Crippen LogP contribution in [0.25, 0.3) is 0 Å². The van der Waals surface area contributed by atoms with Gasteiger partial charge in [-0.25, -0.2) is 5.43 Å². The second-order valence-electron chi connectivity index (χ2n) is 7.41. The highest BCUT2D eigenvalue weighted by Crippen LogP contribution is 2.29. The zero-order valence-electron chi connectivity index (χ0n) is 19.0. The van der Waals surface area contributed by atoms with Crippen LogP contribution in [0.5, 0.6) is 11.5 Å². The average molecular weight is 480 g/mol. The summed E-state index contributed by atoms with van der Waals surface area (Å²) in [6.45, 7) is 4.81. The second-order valence-corrected chi connectivity index (χ2v) is 7.82. The maximum atomic E-state index is 12.0. The van der Waals surface area contributed by atoms with Crippen molar-refractivity contribution in [2.75, 3.05) is 11.9 Å². The molecule has 7 nitrogen and oxygen atoms in total. The number of anilines is 1. The smallest absolute Gasteiger partial charge is 0.249 e. The number of nitrogens with zero attached hydrogens (tertiary/aromatic N) is 1. The van der Waals surface area contributed by atoms with Crippen LogP contribution in [0.3, 0.4) is 0 Å². The van der Waals surface area contributed by atoms with Crippen LogP contribution in [0.4, 0.5) is 5.69 Å². The van der Waals surface area contributed by atoms with E-state index in [0.29, 0.717) is 41.0 Å². The van der Waals surface area contributed by atoms with Gasteiger partial charge in [0.2, 0.25) is 11.8 Å². The normalized spacial score (nSPS) is 10.7. The van der Waals surface area contributed by atoms with Crippen molar-refractivity contribution in [3.05, 3.63) is 88.4 Å². The number of benzene rings is 3. The van der Waals surface area contributed by atoms with Crippen molar-refractivity contribution in [3.63, 3.8) is 0 Å². The first-order chi connectivity index (χ1) is 16.4. The summed E-state index contributed by atoms with van der Waals surface area (Å²) in [4.78, 5) is 24.1. The number of ether oxygens (including phenoxy) is 2. The number of carbonyl (C=O) groups is 2. The first-order valence-corrected chi connectivity index (χ1v) is 11.1. The van der Waals surface area contributed by atoms with Gasteiger partial charge in [0, 0.05) is 0 Å². The van der Waals surface area contributed by atoms with Crippen LogP contribution in [0, 0.1) is 6.92 Å². The van der Waals surface area contributed by atoms with Gasteiger partial charge in [0.05, 0.1) is 23.5 Å². The Morgan fingerprint density at radius 1 is 0.971 bits per heavy atom. The quantitative estimate of drug-likeness (QED) is 0.240. The zero-order valence-corrected chi connectivity index (χ0v) is 19.8. The lowest BCUT2D eigenvalue weighted by molar-refractivity contribution is -0.126. The maximum Gasteiger partial charge on any atom is 0.249 e. The molecule has 0 fully saturated rings. The van der Waals surface area contributed by atoms with E-state index in [0.717, 1.165) is 5.56 Å². The van der Waals surface area contributed by atoms with Crippen LogP contribution in [-0.4, -0.2) is 24.6 Å². The number of aryl methyl sites for hydroxylation is 1. The summed E-state index contributed by atoms with van der Waals surface area (Å²) in [5.41, 5.74) is 5.72. The molecule has 0 aromatic heterocycles. The Balaban J connectivity index is 1.55. The predicted molar refractivity (Wildman–Crippen MR) is 134 cm³/mol. The predicted octanol–water partition coefficient (Wildman–Crippen LogP) is 5.11. The molecule has 2 amide bonds. The fourth-order valence-corrected chi connectivity index (χ4v) is 3.26. The van der Waals surface area contributed by atoms with Crippen LogP contribution in [0.1, 0.15) is 30.0 Å². The molecule has 0 bridgehead atoms. The Bertz CT molecular complexity index is 1180. The van der Waals surface area contributed by atoms with Crippen molar-refractivity contribution in [2.24, 2.45) is 5.10 Å². The zero-order chi connectivity index (χ0) is 24.3. The van der Waals surface area contributed by atoms with Crippen LogP contribution >= 0.6 is 11.6 Å². The van der Waals surface area contributed by atoms with E-state index in [4.69, 9.17) is 21.1 Å². The van der Waals surface area contributed by atoms with Crippen molar-refractivity contribution in [1.82, 2.24) is 5.43 Å². The maximum absolute atomic E-state index is 12.0. The molecule has 0 aliphatic rings. The molecule has 0 saturated heterocycles. The number of para-hydroxylation sites is 1. The second kappa shape index (κ2) is 12.4. The Labute approximate surface area is 203 Å². The minimum Gasteiger partial charge on any atom is -0.490 e. The Hall–Kier alpha value is -3.84. The molecule has 8 heteroatoms. The van der Waals surface area contributed by atoms with Crippen LogP contribution in [0.2, 0.25) is 5.02 Å². The van der Waals surface area contributed by atoms with E-state index in [1.54, 1.807) is 42.5 Å². The summed E-state index contributed by atoms with van der Waals surface area (Å²) < 4.78 is 11.6. The number of halogens is 1. The number of hydrazone groups is 1. The molecule has 0 heterocycles. The Kier molecular flexibility index (Phi) is 9.05. The molecule has 34 heavy (non-hydrogen) atoms. The number of hydrogen-bond donors (Lipinski definition) is 2. The number of hydrogen-bond acceptors (Lipinski definition) is 5. The van der Waals surface area contributed by atoms with Crippen molar-refractivity contribution in [1.29, 1.82) is 0 Å². The molecule has 0 aliphatic carbocycles. The fraction of sp³-hybridized carbons (Fsp3) is 0.192. The molecule has 0 unspecified atom stereocenters. The molecule has 3 aromatic rings. The van der Waals surface area contributed by atoms with Gasteiger partial charge in [-0.15, -0.1) is 0 Å². The summed E-state index contributed by atoms with van der Waals surface area (Å²) in [7, 11) is 0. The molecule has 0 aliphatic heterocycles. The molecule has 3 aromatic carbocycles. The van der Waals surface area contributed by atoms with Gasteiger partial charge in [0.1, 0.15) is 13.0 Å². The Morgan fingerprint density at radius 2 is 1.79 bits per heavy atom. The van der Waals surface area contributed by atoms with Gasteiger partial charge in [0.25, 0.3) is 0 Å². The van der Waals surface area contributed by atoms with Crippen molar-refractivity contribution in [3.8, 4) is 11.5 Å². The number of carbonyl (C=O) groups excluding carboxylic acids is 2. The molecule has 0 saturated carbocycles. The van der Waals surface area contributed by atoms with Crippen molar-refractivity contribution < 1.29 is 19.1 Å². The third-order valence-electron chi connectivity index (χ3n) is 4.62. The van der Waals surface area contributed by atoms with Gasteiger partial charge < -0.3 is 14.8 Å². The third-order valence-corrected chi connectivity index (χ3v) is 4.95.